The van der Waals surface area contributed by atoms with Crippen molar-refractivity contribution >= 4 is 5.91 Å². The minimum absolute atomic E-state index is 0.0306. The lowest BCUT2D eigenvalue weighted by atomic mass is 9.96. The van der Waals surface area contributed by atoms with Crippen LogP contribution in [0.1, 0.15) is 15.9 Å². The molecule has 3 aliphatic heterocycles. The topological polar surface area (TPSA) is 59.6 Å². The zero-order valence-electron chi connectivity index (χ0n) is 9.21. The third-order valence-electron chi connectivity index (χ3n) is 3.57. The van der Waals surface area contributed by atoms with E-state index in [0.717, 1.165) is 24.4 Å². The second-order valence-corrected chi connectivity index (χ2v) is 4.82. The summed E-state index contributed by atoms with van der Waals surface area (Å²) in [5.74, 6) is 1.41. The molecule has 1 aromatic rings. The maximum Gasteiger partial charge on any atom is 0.252 e. The molecule has 0 saturated carbocycles. The summed E-state index contributed by atoms with van der Waals surface area (Å²) in [6.07, 6.45) is 0. The lowest BCUT2D eigenvalue weighted by Gasteiger charge is -2.45. The molecule has 2 N–H and O–H groups in total. The van der Waals surface area contributed by atoms with Crippen LogP contribution in [-0.4, -0.2) is 31.2 Å². The summed E-state index contributed by atoms with van der Waals surface area (Å²) in [5, 5.41) is 5.98. The smallest absolute Gasteiger partial charge is 0.252 e. The van der Waals surface area contributed by atoms with Crippen LogP contribution >= 0.6 is 0 Å². The summed E-state index contributed by atoms with van der Waals surface area (Å²) in [7, 11) is 0. The van der Waals surface area contributed by atoms with Crippen molar-refractivity contribution in [1.82, 2.24) is 10.6 Å². The molecule has 1 aromatic carbocycles. The molecular formula is C12H12N2O3. The van der Waals surface area contributed by atoms with Crippen LogP contribution in [0.5, 0.6) is 11.5 Å². The SMILES string of the molecule is O=C1NCc2cc3c(cc21)OCC1(CNC1)O3. The van der Waals surface area contributed by atoms with Gasteiger partial charge in [-0.25, -0.2) is 0 Å². The molecule has 4 rings (SSSR count). The molecule has 0 atom stereocenters. The molecule has 0 bridgehead atoms. The molecule has 0 radical (unpaired) electrons. The largest absolute Gasteiger partial charge is 0.485 e. The summed E-state index contributed by atoms with van der Waals surface area (Å²) >= 11 is 0. The molecular weight excluding hydrogens is 220 g/mol. The Kier molecular flexibility index (Phi) is 1.60. The summed E-state index contributed by atoms with van der Waals surface area (Å²) in [5.41, 5.74) is 1.49. The van der Waals surface area contributed by atoms with Crippen molar-refractivity contribution in [3.05, 3.63) is 23.3 Å². The highest BCUT2D eigenvalue weighted by molar-refractivity contribution is 5.99. The molecule has 5 nitrogen and oxygen atoms in total. The van der Waals surface area contributed by atoms with E-state index in [1.807, 2.05) is 6.07 Å². The minimum Gasteiger partial charge on any atom is -0.485 e. The number of fused-ring (bicyclic) bond motifs is 2. The molecule has 0 aromatic heterocycles. The summed E-state index contributed by atoms with van der Waals surface area (Å²) < 4.78 is 11.7. The Bertz CT molecular complexity index is 523. The maximum absolute atomic E-state index is 11.5. The standard InChI is InChI=1S/C12H12N2O3/c15-11-8-2-9-10(1-7(8)3-14-11)17-12(6-16-9)4-13-5-12/h1-2,13H,3-6H2,(H,14,15). The van der Waals surface area contributed by atoms with Crippen molar-refractivity contribution in [2.45, 2.75) is 12.1 Å². The van der Waals surface area contributed by atoms with Crippen molar-refractivity contribution in [3.63, 3.8) is 0 Å². The number of carbonyl (C=O) groups is 1. The normalized spacial score (nSPS) is 22.9. The molecule has 88 valence electrons. The van der Waals surface area contributed by atoms with Crippen LogP contribution in [0, 0.1) is 0 Å². The number of amides is 1. The number of nitrogens with one attached hydrogen (secondary N) is 2. The summed E-state index contributed by atoms with van der Waals surface area (Å²) in [4.78, 5) is 11.5. The van der Waals surface area contributed by atoms with E-state index < -0.39 is 0 Å². The van der Waals surface area contributed by atoms with E-state index in [1.54, 1.807) is 6.07 Å². The Labute approximate surface area is 98.1 Å². The second-order valence-electron chi connectivity index (χ2n) is 4.82. The second kappa shape index (κ2) is 2.92. The van der Waals surface area contributed by atoms with Gasteiger partial charge in [0.25, 0.3) is 5.91 Å². The first-order valence-electron chi connectivity index (χ1n) is 5.73. The first-order valence-corrected chi connectivity index (χ1v) is 5.73. The van der Waals surface area contributed by atoms with Crippen molar-refractivity contribution in [2.75, 3.05) is 19.7 Å². The number of benzene rings is 1. The zero-order chi connectivity index (χ0) is 11.5. The van der Waals surface area contributed by atoms with Crippen LogP contribution in [0.4, 0.5) is 0 Å². The van der Waals surface area contributed by atoms with Gasteiger partial charge < -0.3 is 20.1 Å². The van der Waals surface area contributed by atoms with Gasteiger partial charge in [0.15, 0.2) is 17.1 Å². The van der Waals surface area contributed by atoms with Gasteiger partial charge in [0, 0.05) is 25.2 Å². The van der Waals surface area contributed by atoms with Crippen LogP contribution in [-0.2, 0) is 6.54 Å². The zero-order valence-corrected chi connectivity index (χ0v) is 9.21. The molecule has 1 amide bonds. The Morgan fingerprint density at radius 2 is 2.12 bits per heavy atom. The van der Waals surface area contributed by atoms with E-state index in [9.17, 15) is 4.79 Å². The van der Waals surface area contributed by atoms with Crippen molar-refractivity contribution in [1.29, 1.82) is 0 Å². The van der Waals surface area contributed by atoms with E-state index in [4.69, 9.17) is 9.47 Å². The van der Waals surface area contributed by atoms with Gasteiger partial charge in [-0.3, -0.25) is 4.79 Å². The fourth-order valence-corrected chi connectivity index (χ4v) is 2.47. The lowest BCUT2D eigenvalue weighted by molar-refractivity contribution is -0.0460. The van der Waals surface area contributed by atoms with Crippen LogP contribution in [0.25, 0.3) is 0 Å². The monoisotopic (exact) mass is 232 g/mol. The number of rotatable bonds is 0. The average Bonchev–Trinajstić information content (AvgIpc) is 2.65. The van der Waals surface area contributed by atoms with E-state index in [2.05, 4.69) is 10.6 Å². The molecule has 3 aliphatic rings. The predicted molar refractivity (Wildman–Crippen MR) is 59.3 cm³/mol. The van der Waals surface area contributed by atoms with Gasteiger partial charge in [-0.05, 0) is 17.7 Å². The van der Waals surface area contributed by atoms with Crippen LogP contribution in [0.3, 0.4) is 0 Å². The van der Waals surface area contributed by atoms with Gasteiger partial charge in [-0.1, -0.05) is 0 Å². The fourth-order valence-electron chi connectivity index (χ4n) is 2.47. The van der Waals surface area contributed by atoms with Gasteiger partial charge in [0.2, 0.25) is 0 Å². The van der Waals surface area contributed by atoms with E-state index >= 15 is 0 Å². The van der Waals surface area contributed by atoms with Gasteiger partial charge in [-0.2, -0.15) is 0 Å². The first kappa shape index (κ1) is 9.30. The van der Waals surface area contributed by atoms with E-state index in [0.29, 0.717) is 24.5 Å². The Balaban J connectivity index is 1.77. The quantitative estimate of drug-likeness (QED) is 0.663. The highest BCUT2D eigenvalue weighted by Crippen LogP contribution is 2.39. The third kappa shape index (κ3) is 1.20. The Morgan fingerprint density at radius 3 is 2.88 bits per heavy atom. The molecule has 1 saturated heterocycles. The minimum atomic E-state index is -0.197. The molecule has 1 spiro atoms. The van der Waals surface area contributed by atoms with Gasteiger partial charge in [-0.15, -0.1) is 0 Å². The molecule has 5 heteroatoms. The number of carbonyl (C=O) groups excluding carboxylic acids is 1. The maximum atomic E-state index is 11.5. The number of hydrogen-bond acceptors (Lipinski definition) is 4. The highest BCUT2D eigenvalue weighted by atomic mass is 16.6. The van der Waals surface area contributed by atoms with Gasteiger partial charge in [0.05, 0.1) is 0 Å². The molecule has 17 heavy (non-hydrogen) atoms. The highest BCUT2D eigenvalue weighted by Gasteiger charge is 2.44. The number of ether oxygens (including phenoxy) is 2. The summed E-state index contributed by atoms with van der Waals surface area (Å²) in [6, 6.07) is 3.70. The van der Waals surface area contributed by atoms with Crippen molar-refractivity contribution in [3.8, 4) is 11.5 Å². The van der Waals surface area contributed by atoms with E-state index in [1.165, 1.54) is 0 Å². The predicted octanol–water partition coefficient (Wildman–Crippen LogP) is 0.0432. The van der Waals surface area contributed by atoms with Crippen LogP contribution in [0.15, 0.2) is 12.1 Å². The Morgan fingerprint density at radius 1 is 1.24 bits per heavy atom. The Hall–Kier alpha value is -1.75. The summed E-state index contributed by atoms with van der Waals surface area (Å²) in [6.45, 7) is 2.77. The first-order chi connectivity index (χ1) is 8.26. The molecule has 3 heterocycles. The molecule has 1 fully saturated rings. The van der Waals surface area contributed by atoms with Gasteiger partial charge >= 0.3 is 0 Å². The van der Waals surface area contributed by atoms with Crippen molar-refractivity contribution in [2.24, 2.45) is 0 Å². The molecule has 0 unspecified atom stereocenters. The fraction of sp³-hybridized carbons (Fsp3) is 0.417. The van der Waals surface area contributed by atoms with Crippen molar-refractivity contribution < 1.29 is 14.3 Å². The van der Waals surface area contributed by atoms with E-state index in [-0.39, 0.29) is 11.5 Å². The lowest BCUT2D eigenvalue weighted by Crippen LogP contribution is -2.67. The third-order valence-corrected chi connectivity index (χ3v) is 3.57. The molecule has 0 aliphatic carbocycles. The van der Waals surface area contributed by atoms with Crippen LogP contribution in [0.2, 0.25) is 0 Å². The van der Waals surface area contributed by atoms with Gasteiger partial charge in [0.1, 0.15) is 6.61 Å². The van der Waals surface area contributed by atoms with Crippen LogP contribution < -0.4 is 20.1 Å². The average molecular weight is 232 g/mol. The number of hydrogen-bond donors (Lipinski definition) is 2.